The van der Waals surface area contributed by atoms with E-state index in [4.69, 9.17) is 4.74 Å². The van der Waals surface area contributed by atoms with E-state index in [1.807, 2.05) is 27.7 Å². The monoisotopic (exact) mass is 273 g/mol. The van der Waals surface area contributed by atoms with Crippen molar-refractivity contribution in [2.75, 3.05) is 6.61 Å². The van der Waals surface area contributed by atoms with Crippen LogP contribution in [-0.4, -0.2) is 46.0 Å². The van der Waals surface area contributed by atoms with Crippen LogP contribution in [-0.2, 0) is 19.1 Å². The van der Waals surface area contributed by atoms with E-state index >= 15 is 0 Å². The molecule has 1 heterocycles. The maximum Gasteiger partial charge on any atom is 0.417 e. The van der Waals surface area contributed by atoms with Crippen LogP contribution in [0, 0.1) is 0 Å². The fraction of sp³-hybridized carbons (Fsp3) is 0.846. The molecule has 6 heteroatoms. The van der Waals surface area contributed by atoms with Crippen molar-refractivity contribution in [3.05, 3.63) is 0 Å². The summed E-state index contributed by atoms with van der Waals surface area (Å²) in [6.07, 6.45) is 0.501. The minimum Gasteiger partial charge on any atom is -0.458 e. The van der Waals surface area contributed by atoms with E-state index in [-0.39, 0.29) is 6.61 Å². The lowest BCUT2D eigenvalue weighted by atomic mass is 9.80. The second-order valence-electron chi connectivity index (χ2n) is 6.09. The molecule has 0 radical (unpaired) electrons. The van der Waals surface area contributed by atoms with Crippen LogP contribution < -0.4 is 0 Å². The summed E-state index contributed by atoms with van der Waals surface area (Å²) in [7, 11) is 0. The van der Waals surface area contributed by atoms with Gasteiger partial charge in [-0.05, 0) is 34.6 Å². The van der Waals surface area contributed by atoms with E-state index in [9.17, 15) is 14.8 Å². The zero-order valence-corrected chi connectivity index (χ0v) is 12.2. The van der Waals surface area contributed by atoms with Crippen LogP contribution in [0.5, 0.6) is 0 Å². The number of hydrogen-bond donors (Lipinski definition) is 1. The van der Waals surface area contributed by atoms with Crippen molar-refractivity contribution >= 4 is 11.9 Å². The molecule has 0 saturated carbocycles. The largest absolute Gasteiger partial charge is 0.458 e. The SMILES string of the molecule is CCOC(=O)C(=O)OC1CC(C)(C)N(O)C(C)(C)C1. The molecule has 0 aromatic heterocycles. The molecule has 0 unspecified atom stereocenters. The van der Waals surface area contributed by atoms with Gasteiger partial charge >= 0.3 is 11.9 Å². The first-order chi connectivity index (χ1) is 8.60. The van der Waals surface area contributed by atoms with Gasteiger partial charge in [0.1, 0.15) is 6.10 Å². The zero-order chi connectivity index (χ0) is 14.8. The molecule has 110 valence electrons. The number of carbonyl (C=O) groups excluding carboxylic acids is 2. The number of hydroxylamine groups is 2. The molecule has 0 atom stereocenters. The van der Waals surface area contributed by atoms with Gasteiger partial charge in [-0.1, -0.05) is 0 Å². The van der Waals surface area contributed by atoms with Gasteiger partial charge in [-0.25, -0.2) is 9.59 Å². The molecule has 1 rings (SSSR count). The number of rotatable bonds is 2. The Balaban J connectivity index is 2.71. The Morgan fingerprint density at radius 3 is 2.05 bits per heavy atom. The number of ether oxygens (including phenoxy) is 2. The molecular weight excluding hydrogens is 250 g/mol. The molecule has 0 amide bonds. The Bertz CT molecular complexity index is 346. The van der Waals surface area contributed by atoms with E-state index in [1.54, 1.807) is 6.92 Å². The summed E-state index contributed by atoms with van der Waals surface area (Å²) >= 11 is 0. The molecule has 19 heavy (non-hydrogen) atoms. The summed E-state index contributed by atoms with van der Waals surface area (Å²) in [6.45, 7) is 9.21. The second-order valence-corrected chi connectivity index (χ2v) is 6.09. The third-order valence-electron chi connectivity index (χ3n) is 3.32. The fourth-order valence-corrected chi connectivity index (χ4v) is 2.65. The quantitative estimate of drug-likeness (QED) is 0.607. The van der Waals surface area contributed by atoms with Gasteiger partial charge < -0.3 is 14.7 Å². The second kappa shape index (κ2) is 5.46. The van der Waals surface area contributed by atoms with E-state index in [2.05, 4.69) is 4.74 Å². The molecule has 0 aliphatic carbocycles. The van der Waals surface area contributed by atoms with E-state index in [1.165, 1.54) is 5.06 Å². The van der Waals surface area contributed by atoms with Crippen molar-refractivity contribution < 1.29 is 24.3 Å². The first-order valence-electron chi connectivity index (χ1n) is 6.47. The number of esters is 2. The van der Waals surface area contributed by atoms with Crippen molar-refractivity contribution in [3.8, 4) is 0 Å². The zero-order valence-electron chi connectivity index (χ0n) is 12.2. The normalized spacial score (nSPS) is 22.8. The number of nitrogens with zero attached hydrogens (tertiary/aromatic N) is 1. The summed E-state index contributed by atoms with van der Waals surface area (Å²) in [5, 5.41) is 11.4. The topological polar surface area (TPSA) is 76.1 Å². The number of carbonyl (C=O) groups is 2. The summed E-state index contributed by atoms with van der Waals surface area (Å²) in [5.74, 6) is -1.94. The Morgan fingerprint density at radius 2 is 1.63 bits per heavy atom. The van der Waals surface area contributed by atoms with Gasteiger partial charge in [0.05, 0.1) is 6.61 Å². The Morgan fingerprint density at radius 1 is 1.16 bits per heavy atom. The third kappa shape index (κ3) is 3.67. The molecule has 0 aromatic rings. The van der Waals surface area contributed by atoms with Crippen molar-refractivity contribution in [2.24, 2.45) is 0 Å². The van der Waals surface area contributed by atoms with E-state index in [0.29, 0.717) is 12.8 Å². The van der Waals surface area contributed by atoms with Crippen LogP contribution in [0.15, 0.2) is 0 Å². The molecule has 0 bridgehead atoms. The molecule has 1 N–H and O–H groups in total. The van der Waals surface area contributed by atoms with Crippen LogP contribution in [0.25, 0.3) is 0 Å². The smallest absolute Gasteiger partial charge is 0.417 e. The molecule has 1 aliphatic heterocycles. The fourth-order valence-electron chi connectivity index (χ4n) is 2.65. The summed E-state index contributed by atoms with van der Waals surface area (Å²) in [5.41, 5.74) is -1.05. The van der Waals surface area contributed by atoms with Crippen LogP contribution in [0.3, 0.4) is 0 Å². The number of piperidine rings is 1. The first-order valence-corrected chi connectivity index (χ1v) is 6.47. The van der Waals surface area contributed by atoms with Gasteiger partial charge in [0.25, 0.3) is 0 Å². The molecular formula is C13H23NO5. The predicted octanol–water partition coefficient (Wildman–Crippen LogP) is 1.50. The Hall–Kier alpha value is -1.14. The van der Waals surface area contributed by atoms with Crippen molar-refractivity contribution in [1.29, 1.82) is 0 Å². The van der Waals surface area contributed by atoms with Gasteiger partial charge in [0.15, 0.2) is 0 Å². The highest BCUT2D eigenvalue weighted by molar-refractivity contribution is 6.29. The van der Waals surface area contributed by atoms with Crippen LogP contribution in [0.4, 0.5) is 0 Å². The van der Waals surface area contributed by atoms with Crippen molar-refractivity contribution in [2.45, 2.75) is 64.6 Å². The average Bonchev–Trinajstić information content (AvgIpc) is 2.25. The molecule has 0 aromatic carbocycles. The highest BCUT2D eigenvalue weighted by Crippen LogP contribution is 2.37. The summed E-state index contributed by atoms with van der Waals surface area (Å²) in [6, 6.07) is 0. The maximum absolute atomic E-state index is 11.5. The van der Waals surface area contributed by atoms with E-state index in [0.717, 1.165) is 0 Å². The molecule has 1 saturated heterocycles. The lowest BCUT2D eigenvalue weighted by Crippen LogP contribution is -2.60. The molecule has 1 aliphatic rings. The first kappa shape index (κ1) is 15.9. The minimum absolute atomic E-state index is 0.139. The standard InChI is InChI=1S/C13H23NO5/c1-6-18-10(15)11(16)19-9-7-12(2,3)14(17)13(4,5)8-9/h9,17H,6-8H2,1-5H3. The highest BCUT2D eigenvalue weighted by atomic mass is 16.6. The van der Waals surface area contributed by atoms with Crippen LogP contribution in [0.1, 0.15) is 47.5 Å². The van der Waals surface area contributed by atoms with Gasteiger partial charge in [-0.2, -0.15) is 5.06 Å². The lowest BCUT2D eigenvalue weighted by molar-refractivity contribution is -0.259. The van der Waals surface area contributed by atoms with Crippen LogP contribution in [0.2, 0.25) is 0 Å². The van der Waals surface area contributed by atoms with Gasteiger partial charge in [0.2, 0.25) is 0 Å². The van der Waals surface area contributed by atoms with Crippen molar-refractivity contribution in [3.63, 3.8) is 0 Å². The lowest BCUT2D eigenvalue weighted by Gasteiger charge is -2.50. The van der Waals surface area contributed by atoms with Gasteiger partial charge in [-0.3, -0.25) is 0 Å². The molecule has 0 spiro atoms. The molecule has 1 fully saturated rings. The predicted molar refractivity (Wildman–Crippen MR) is 67.5 cm³/mol. The summed E-state index contributed by atoms with van der Waals surface area (Å²) < 4.78 is 9.77. The van der Waals surface area contributed by atoms with Crippen molar-refractivity contribution in [1.82, 2.24) is 5.06 Å². The Labute approximate surface area is 113 Å². The summed E-state index contributed by atoms with van der Waals surface area (Å²) in [4.78, 5) is 22.8. The van der Waals surface area contributed by atoms with Gasteiger partial charge in [-0.15, -0.1) is 0 Å². The number of hydrogen-bond acceptors (Lipinski definition) is 6. The van der Waals surface area contributed by atoms with Crippen LogP contribution >= 0.6 is 0 Å². The average molecular weight is 273 g/mol. The third-order valence-corrected chi connectivity index (χ3v) is 3.32. The minimum atomic E-state index is -0.968. The molecule has 6 nitrogen and oxygen atoms in total. The maximum atomic E-state index is 11.5. The van der Waals surface area contributed by atoms with E-state index < -0.39 is 29.1 Å². The Kier molecular flexibility index (Phi) is 4.58. The highest BCUT2D eigenvalue weighted by Gasteiger charge is 2.46. The van der Waals surface area contributed by atoms with Gasteiger partial charge in [0, 0.05) is 23.9 Å².